The molecule has 0 atom stereocenters. The molecule has 0 amide bonds. The van der Waals surface area contributed by atoms with E-state index in [9.17, 15) is 8.78 Å². The molecule has 0 aliphatic heterocycles. The molecule has 1 aromatic carbocycles. The van der Waals surface area contributed by atoms with Crippen LogP contribution in [0.2, 0.25) is 5.28 Å². The molecule has 0 radical (unpaired) electrons. The van der Waals surface area contributed by atoms with Gasteiger partial charge in [0.1, 0.15) is 0 Å². The van der Waals surface area contributed by atoms with Crippen molar-refractivity contribution in [2.45, 2.75) is 6.42 Å². The van der Waals surface area contributed by atoms with Crippen LogP contribution in [0.25, 0.3) is 0 Å². The van der Waals surface area contributed by atoms with Gasteiger partial charge in [-0.1, -0.05) is 12.1 Å². The Morgan fingerprint density at radius 2 is 2.13 bits per heavy atom. The van der Waals surface area contributed by atoms with Crippen LogP contribution < -0.4 is 0 Å². The SMILES string of the molecule is Fc1cccc(Cc2nc(Cl)no2)c1F. The van der Waals surface area contributed by atoms with E-state index in [4.69, 9.17) is 11.6 Å². The van der Waals surface area contributed by atoms with Gasteiger partial charge in [-0.15, -0.1) is 0 Å². The topological polar surface area (TPSA) is 38.9 Å². The summed E-state index contributed by atoms with van der Waals surface area (Å²) in [5.41, 5.74) is 0.148. The van der Waals surface area contributed by atoms with Crippen molar-refractivity contribution < 1.29 is 13.3 Å². The molecular formula is C9H5ClF2N2O. The van der Waals surface area contributed by atoms with Gasteiger partial charge in [0.15, 0.2) is 11.6 Å². The molecule has 2 aromatic rings. The predicted octanol–water partition coefficient (Wildman–Crippen LogP) is 2.59. The first kappa shape index (κ1) is 10.0. The van der Waals surface area contributed by atoms with Gasteiger partial charge < -0.3 is 4.52 Å². The minimum absolute atomic E-state index is 0.0172. The Hall–Kier alpha value is -1.49. The molecule has 15 heavy (non-hydrogen) atoms. The van der Waals surface area contributed by atoms with Gasteiger partial charge in [-0.05, 0) is 22.8 Å². The highest BCUT2D eigenvalue weighted by Crippen LogP contribution is 2.15. The van der Waals surface area contributed by atoms with Crippen LogP contribution in [0.1, 0.15) is 11.5 Å². The standard InChI is InChI=1S/C9H5ClF2N2O/c10-9-13-7(15-14-9)4-5-2-1-3-6(11)8(5)12/h1-3H,4H2. The van der Waals surface area contributed by atoms with Crippen molar-refractivity contribution >= 4 is 11.6 Å². The van der Waals surface area contributed by atoms with Crippen molar-refractivity contribution in [3.8, 4) is 0 Å². The molecular weight excluding hydrogens is 226 g/mol. The van der Waals surface area contributed by atoms with Gasteiger partial charge in [0, 0.05) is 5.56 Å². The molecule has 0 bridgehead atoms. The fourth-order valence-electron chi connectivity index (χ4n) is 1.15. The number of rotatable bonds is 2. The first-order valence-corrected chi connectivity index (χ1v) is 4.45. The van der Waals surface area contributed by atoms with Crippen LogP contribution in [-0.2, 0) is 6.42 Å². The first-order valence-electron chi connectivity index (χ1n) is 4.08. The average Bonchev–Trinajstić information content (AvgIpc) is 2.59. The average molecular weight is 231 g/mol. The van der Waals surface area contributed by atoms with Crippen molar-refractivity contribution in [2.24, 2.45) is 0 Å². The maximum absolute atomic E-state index is 13.2. The second kappa shape index (κ2) is 3.94. The fourth-order valence-corrected chi connectivity index (χ4v) is 1.28. The monoisotopic (exact) mass is 230 g/mol. The molecule has 0 N–H and O–H groups in total. The molecule has 6 heteroatoms. The van der Waals surface area contributed by atoms with Crippen LogP contribution in [0, 0.1) is 11.6 Å². The number of nitrogens with zero attached hydrogens (tertiary/aromatic N) is 2. The number of hydrogen-bond donors (Lipinski definition) is 0. The van der Waals surface area contributed by atoms with Gasteiger partial charge in [-0.3, -0.25) is 0 Å². The Labute approximate surface area is 88.7 Å². The molecule has 0 fully saturated rings. The molecule has 0 saturated carbocycles. The Morgan fingerprint density at radius 1 is 1.33 bits per heavy atom. The second-order valence-corrected chi connectivity index (χ2v) is 3.18. The highest BCUT2D eigenvalue weighted by atomic mass is 35.5. The normalized spacial score (nSPS) is 10.6. The van der Waals surface area contributed by atoms with Crippen molar-refractivity contribution in [2.75, 3.05) is 0 Å². The zero-order valence-corrected chi connectivity index (χ0v) is 8.13. The van der Waals surface area contributed by atoms with Gasteiger partial charge in [0.05, 0.1) is 6.42 Å². The minimum Gasteiger partial charge on any atom is -0.338 e. The van der Waals surface area contributed by atoms with E-state index < -0.39 is 11.6 Å². The highest BCUT2D eigenvalue weighted by molar-refractivity contribution is 6.28. The van der Waals surface area contributed by atoms with Gasteiger partial charge in [-0.25, -0.2) is 8.78 Å². The van der Waals surface area contributed by atoms with Crippen LogP contribution in [0.5, 0.6) is 0 Å². The van der Waals surface area contributed by atoms with E-state index in [1.54, 1.807) is 0 Å². The van der Waals surface area contributed by atoms with Crippen LogP contribution in [0.4, 0.5) is 8.78 Å². The Balaban J connectivity index is 2.28. The summed E-state index contributed by atoms with van der Waals surface area (Å²) < 4.78 is 30.7. The largest absolute Gasteiger partial charge is 0.338 e. The maximum Gasteiger partial charge on any atom is 0.263 e. The maximum atomic E-state index is 13.2. The number of halogens is 3. The lowest BCUT2D eigenvalue weighted by molar-refractivity contribution is 0.382. The summed E-state index contributed by atoms with van der Waals surface area (Å²) in [6, 6.07) is 3.89. The third kappa shape index (κ3) is 2.12. The van der Waals surface area contributed by atoms with Gasteiger partial charge in [-0.2, -0.15) is 4.98 Å². The smallest absolute Gasteiger partial charge is 0.263 e. The van der Waals surface area contributed by atoms with Crippen molar-refractivity contribution in [3.05, 3.63) is 46.6 Å². The van der Waals surface area contributed by atoms with Gasteiger partial charge in [0.25, 0.3) is 5.28 Å². The molecule has 78 valence electrons. The van der Waals surface area contributed by atoms with E-state index in [0.717, 1.165) is 6.07 Å². The van der Waals surface area contributed by atoms with E-state index in [1.165, 1.54) is 12.1 Å². The first-order chi connectivity index (χ1) is 7.16. The summed E-state index contributed by atoms with van der Waals surface area (Å²) in [6.07, 6.45) is 0.0172. The van der Waals surface area contributed by atoms with E-state index in [-0.39, 0.29) is 23.2 Å². The van der Waals surface area contributed by atoms with Crippen molar-refractivity contribution in [3.63, 3.8) is 0 Å². The molecule has 0 spiro atoms. The lowest BCUT2D eigenvalue weighted by Gasteiger charge is -1.99. The number of aromatic nitrogens is 2. The summed E-state index contributed by atoms with van der Waals surface area (Å²) in [4.78, 5) is 3.68. The Bertz CT molecular complexity index is 487. The van der Waals surface area contributed by atoms with Crippen molar-refractivity contribution in [1.29, 1.82) is 0 Å². The molecule has 1 heterocycles. The lowest BCUT2D eigenvalue weighted by atomic mass is 10.1. The third-order valence-electron chi connectivity index (χ3n) is 1.82. The minimum atomic E-state index is -0.910. The molecule has 0 aliphatic rings. The van der Waals surface area contributed by atoms with Crippen molar-refractivity contribution in [1.82, 2.24) is 10.1 Å². The van der Waals surface area contributed by atoms with E-state index >= 15 is 0 Å². The molecule has 3 nitrogen and oxygen atoms in total. The fraction of sp³-hybridized carbons (Fsp3) is 0.111. The van der Waals surface area contributed by atoms with Gasteiger partial charge >= 0.3 is 0 Å². The Kier molecular flexibility index (Phi) is 2.64. The summed E-state index contributed by atoms with van der Waals surface area (Å²) in [5.74, 6) is -1.67. The predicted molar refractivity (Wildman–Crippen MR) is 48.5 cm³/mol. The van der Waals surface area contributed by atoms with E-state index in [2.05, 4.69) is 14.7 Å². The van der Waals surface area contributed by atoms with Crippen LogP contribution in [0.3, 0.4) is 0 Å². The van der Waals surface area contributed by atoms with E-state index in [1.807, 2.05) is 0 Å². The van der Waals surface area contributed by atoms with E-state index in [0.29, 0.717) is 0 Å². The summed E-state index contributed by atoms with van der Waals surface area (Å²) in [6.45, 7) is 0. The third-order valence-corrected chi connectivity index (χ3v) is 1.97. The highest BCUT2D eigenvalue weighted by Gasteiger charge is 2.11. The summed E-state index contributed by atoms with van der Waals surface area (Å²) in [5, 5.41) is 3.27. The lowest BCUT2D eigenvalue weighted by Crippen LogP contribution is -1.95. The van der Waals surface area contributed by atoms with Crippen LogP contribution in [0.15, 0.2) is 22.7 Å². The second-order valence-electron chi connectivity index (χ2n) is 2.85. The summed E-state index contributed by atoms with van der Waals surface area (Å²) >= 11 is 5.41. The van der Waals surface area contributed by atoms with Crippen LogP contribution >= 0.6 is 11.6 Å². The Morgan fingerprint density at radius 3 is 2.80 bits per heavy atom. The quantitative estimate of drug-likeness (QED) is 0.796. The zero-order valence-electron chi connectivity index (χ0n) is 7.38. The molecule has 2 rings (SSSR count). The number of hydrogen-bond acceptors (Lipinski definition) is 3. The summed E-state index contributed by atoms with van der Waals surface area (Å²) in [7, 11) is 0. The molecule has 1 aromatic heterocycles. The molecule has 0 aliphatic carbocycles. The van der Waals surface area contributed by atoms with Gasteiger partial charge in [0.2, 0.25) is 5.89 Å². The molecule has 0 saturated heterocycles. The zero-order chi connectivity index (χ0) is 10.8. The van der Waals surface area contributed by atoms with Crippen LogP contribution in [-0.4, -0.2) is 10.1 Å². The number of benzene rings is 1. The molecule has 0 unspecified atom stereocenters.